The lowest BCUT2D eigenvalue weighted by Crippen LogP contribution is -2.12. The van der Waals surface area contributed by atoms with E-state index >= 15 is 0 Å². The second kappa shape index (κ2) is 8.40. The molecule has 2 aromatic rings. The summed E-state index contributed by atoms with van der Waals surface area (Å²) < 4.78 is 5.58. The Balaban J connectivity index is 0.00000162. The number of carbonyl (C=O) groups is 1. The van der Waals surface area contributed by atoms with Gasteiger partial charge in [0, 0.05) is 0 Å². The van der Waals surface area contributed by atoms with Crippen LogP contribution in [-0.4, -0.2) is 5.91 Å². The van der Waals surface area contributed by atoms with Crippen molar-refractivity contribution in [3.8, 4) is 5.75 Å². The monoisotopic (exact) mass is 299 g/mol. The first kappa shape index (κ1) is 17.3. The Bertz CT molecular complexity index is 518. The van der Waals surface area contributed by atoms with Crippen molar-refractivity contribution in [2.45, 2.75) is 6.61 Å². The maximum absolute atomic E-state index is 11.2. The second-order valence-corrected chi connectivity index (χ2v) is 3.63. The molecular formula is C14H15Cl2NO2. The highest BCUT2D eigenvalue weighted by atomic mass is 35.5. The van der Waals surface area contributed by atoms with Crippen LogP contribution in [0.3, 0.4) is 0 Å². The first-order chi connectivity index (χ1) is 8.27. The molecule has 0 fully saturated rings. The van der Waals surface area contributed by atoms with Crippen LogP contribution >= 0.6 is 24.8 Å². The number of ether oxygens (including phenoxy) is 1. The Labute approximate surface area is 124 Å². The van der Waals surface area contributed by atoms with Gasteiger partial charge in [0.05, 0.1) is 5.56 Å². The molecule has 0 spiro atoms. The third kappa shape index (κ3) is 4.81. The van der Waals surface area contributed by atoms with Crippen molar-refractivity contribution in [1.29, 1.82) is 0 Å². The molecular weight excluding hydrogens is 285 g/mol. The van der Waals surface area contributed by atoms with E-state index in [4.69, 9.17) is 10.5 Å². The van der Waals surface area contributed by atoms with Crippen LogP contribution in [-0.2, 0) is 6.61 Å². The molecule has 19 heavy (non-hydrogen) atoms. The van der Waals surface area contributed by atoms with Crippen LogP contribution in [0.25, 0.3) is 0 Å². The summed E-state index contributed by atoms with van der Waals surface area (Å²) in [5.74, 6) is 0.0394. The lowest BCUT2D eigenvalue weighted by Gasteiger charge is -2.09. The van der Waals surface area contributed by atoms with Crippen LogP contribution in [0.4, 0.5) is 0 Å². The summed E-state index contributed by atoms with van der Waals surface area (Å²) >= 11 is 0. The van der Waals surface area contributed by atoms with Crippen molar-refractivity contribution in [2.75, 3.05) is 0 Å². The fraction of sp³-hybridized carbons (Fsp3) is 0.0714. The number of halogens is 2. The molecule has 102 valence electrons. The molecule has 0 bridgehead atoms. The van der Waals surface area contributed by atoms with Gasteiger partial charge in [0.15, 0.2) is 0 Å². The Kier molecular flexibility index (Phi) is 7.65. The molecule has 0 aliphatic rings. The van der Waals surface area contributed by atoms with E-state index < -0.39 is 5.91 Å². The largest absolute Gasteiger partial charge is 0.488 e. The number of benzene rings is 2. The van der Waals surface area contributed by atoms with Crippen molar-refractivity contribution in [3.63, 3.8) is 0 Å². The zero-order valence-corrected chi connectivity index (χ0v) is 11.7. The van der Waals surface area contributed by atoms with Crippen LogP contribution in [0.2, 0.25) is 0 Å². The van der Waals surface area contributed by atoms with Gasteiger partial charge in [0.1, 0.15) is 12.4 Å². The minimum absolute atomic E-state index is 0. The van der Waals surface area contributed by atoms with Crippen LogP contribution in [0.15, 0.2) is 54.6 Å². The fourth-order valence-electron chi connectivity index (χ4n) is 1.53. The first-order valence-corrected chi connectivity index (χ1v) is 5.33. The van der Waals surface area contributed by atoms with E-state index in [2.05, 4.69) is 0 Å². The van der Waals surface area contributed by atoms with Crippen molar-refractivity contribution >= 4 is 30.7 Å². The summed E-state index contributed by atoms with van der Waals surface area (Å²) in [6, 6.07) is 16.7. The zero-order chi connectivity index (χ0) is 12.1. The highest BCUT2D eigenvalue weighted by molar-refractivity contribution is 5.95. The van der Waals surface area contributed by atoms with Crippen LogP contribution < -0.4 is 10.5 Å². The Hall–Kier alpha value is -1.71. The summed E-state index contributed by atoms with van der Waals surface area (Å²) in [5, 5.41) is 0. The third-order valence-electron chi connectivity index (χ3n) is 2.39. The van der Waals surface area contributed by atoms with Gasteiger partial charge in [-0.3, -0.25) is 4.79 Å². The van der Waals surface area contributed by atoms with E-state index in [1.165, 1.54) is 0 Å². The Morgan fingerprint density at radius 2 is 1.53 bits per heavy atom. The van der Waals surface area contributed by atoms with Crippen LogP contribution in [0.1, 0.15) is 15.9 Å². The topological polar surface area (TPSA) is 52.3 Å². The van der Waals surface area contributed by atoms with Gasteiger partial charge in [-0.15, -0.1) is 24.8 Å². The van der Waals surface area contributed by atoms with Gasteiger partial charge in [0.2, 0.25) is 0 Å². The maximum Gasteiger partial charge on any atom is 0.252 e. The molecule has 2 aromatic carbocycles. The van der Waals surface area contributed by atoms with E-state index in [1.807, 2.05) is 36.4 Å². The molecule has 0 atom stereocenters. The molecule has 0 saturated carbocycles. The Morgan fingerprint density at radius 3 is 2.16 bits per heavy atom. The van der Waals surface area contributed by atoms with Crippen molar-refractivity contribution in [3.05, 3.63) is 65.7 Å². The minimum Gasteiger partial charge on any atom is -0.488 e. The van der Waals surface area contributed by atoms with Gasteiger partial charge in [0.25, 0.3) is 5.91 Å². The average molecular weight is 300 g/mol. The molecule has 0 aliphatic carbocycles. The second-order valence-electron chi connectivity index (χ2n) is 3.63. The van der Waals surface area contributed by atoms with Gasteiger partial charge in [-0.05, 0) is 17.7 Å². The summed E-state index contributed by atoms with van der Waals surface area (Å²) in [5.41, 5.74) is 6.72. The van der Waals surface area contributed by atoms with Gasteiger partial charge in [-0.25, -0.2) is 0 Å². The molecule has 0 saturated heterocycles. The molecule has 5 heteroatoms. The zero-order valence-electron chi connectivity index (χ0n) is 10.1. The number of nitrogens with two attached hydrogens (primary N) is 1. The van der Waals surface area contributed by atoms with Gasteiger partial charge < -0.3 is 10.5 Å². The average Bonchev–Trinajstić information content (AvgIpc) is 2.38. The molecule has 3 nitrogen and oxygen atoms in total. The highest BCUT2D eigenvalue weighted by Gasteiger charge is 2.07. The lowest BCUT2D eigenvalue weighted by atomic mass is 10.2. The number of para-hydroxylation sites is 1. The summed E-state index contributed by atoms with van der Waals surface area (Å²) in [4.78, 5) is 11.2. The Morgan fingerprint density at radius 1 is 0.947 bits per heavy atom. The van der Waals surface area contributed by atoms with Crippen LogP contribution in [0, 0.1) is 0 Å². The molecule has 0 unspecified atom stereocenters. The van der Waals surface area contributed by atoms with Crippen molar-refractivity contribution in [2.24, 2.45) is 5.73 Å². The molecule has 2 N–H and O–H groups in total. The molecule has 0 aromatic heterocycles. The normalized spacial score (nSPS) is 8.84. The standard InChI is InChI=1S/C14H13NO2.2ClH/c15-14(16)12-8-4-5-9-13(12)17-10-11-6-2-1-3-7-11;;/h1-9H,10H2,(H2,15,16);2*1H. The molecule has 2 rings (SSSR count). The quantitative estimate of drug-likeness (QED) is 0.942. The third-order valence-corrected chi connectivity index (χ3v) is 2.39. The fourth-order valence-corrected chi connectivity index (χ4v) is 1.53. The van der Waals surface area contributed by atoms with E-state index in [1.54, 1.807) is 18.2 Å². The number of carbonyl (C=O) groups excluding carboxylic acids is 1. The van der Waals surface area contributed by atoms with E-state index in [-0.39, 0.29) is 24.8 Å². The van der Waals surface area contributed by atoms with E-state index in [0.717, 1.165) is 5.56 Å². The molecule has 1 amide bonds. The summed E-state index contributed by atoms with van der Waals surface area (Å²) in [7, 11) is 0. The molecule has 0 radical (unpaired) electrons. The lowest BCUT2D eigenvalue weighted by molar-refractivity contribution is 0.0996. The molecule has 0 heterocycles. The number of primary amides is 1. The van der Waals surface area contributed by atoms with E-state index in [9.17, 15) is 4.79 Å². The number of hydrogen-bond acceptors (Lipinski definition) is 2. The van der Waals surface area contributed by atoms with Gasteiger partial charge in [-0.1, -0.05) is 42.5 Å². The van der Waals surface area contributed by atoms with Crippen molar-refractivity contribution in [1.82, 2.24) is 0 Å². The predicted molar refractivity (Wildman–Crippen MR) is 80.2 cm³/mol. The van der Waals surface area contributed by atoms with Crippen LogP contribution in [0.5, 0.6) is 5.75 Å². The SMILES string of the molecule is Cl.Cl.NC(=O)c1ccccc1OCc1ccccc1. The highest BCUT2D eigenvalue weighted by Crippen LogP contribution is 2.18. The minimum atomic E-state index is -0.478. The maximum atomic E-state index is 11.2. The summed E-state index contributed by atoms with van der Waals surface area (Å²) in [6.45, 7) is 0.422. The van der Waals surface area contributed by atoms with E-state index in [0.29, 0.717) is 17.9 Å². The summed E-state index contributed by atoms with van der Waals surface area (Å²) in [6.07, 6.45) is 0. The first-order valence-electron chi connectivity index (χ1n) is 5.33. The smallest absolute Gasteiger partial charge is 0.252 e. The molecule has 0 aliphatic heterocycles. The van der Waals surface area contributed by atoms with Crippen molar-refractivity contribution < 1.29 is 9.53 Å². The predicted octanol–water partition coefficient (Wildman–Crippen LogP) is 3.21. The van der Waals surface area contributed by atoms with Gasteiger partial charge in [-0.2, -0.15) is 0 Å². The van der Waals surface area contributed by atoms with Gasteiger partial charge >= 0.3 is 0 Å². The number of amides is 1. The number of hydrogen-bond donors (Lipinski definition) is 1. The number of rotatable bonds is 4.